The third-order valence-corrected chi connectivity index (χ3v) is 2.12. The molecule has 15 heavy (non-hydrogen) atoms. The van der Waals surface area contributed by atoms with Crippen LogP contribution in [0.4, 0.5) is 0 Å². The lowest BCUT2D eigenvalue weighted by Gasteiger charge is -2.14. The maximum absolute atomic E-state index is 3.99. The summed E-state index contributed by atoms with van der Waals surface area (Å²) in [6.45, 7) is 0. The van der Waals surface area contributed by atoms with E-state index < -0.39 is 0 Å². The van der Waals surface area contributed by atoms with E-state index in [2.05, 4.69) is 25.3 Å². The molecule has 0 saturated carbocycles. The molecule has 0 amide bonds. The van der Waals surface area contributed by atoms with Crippen LogP contribution in [0.3, 0.4) is 0 Å². The van der Waals surface area contributed by atoms with Gasteiger partial charge in [-0.2, -0.15) is 0 Å². The van der Waals surface area contributed by atoms with Crippen molar-refractivity contribution in [1.82, 2.24) is 25.3 Å². The highest BCUT2D eigenvalue weighted by atomic mass is 14.9. The first-order valence-corrected chi connectivity index (χ1v) is 4.59. The largest absolute Gasteiger partial charge is 0.309 e. The molecular weight excluding hydrogens is 190 g/mol. The Balaban J connectivity index is 2.34. The second-order valence-corrected chi connectivity index (χ2v) is 3.07. The van der Waals surface area contributed by atoms with Gasteiger partial charge < -0.3 is 5.32 Å². The Kier molecular flexibility index (Phi) is 2.94. The van der Waals surface area contributed by atoms with Gasteiger partial charge in [0.2, 0.25) is 0 Å². The Morgan fingerprint density at radius 2 is 1.27 bits per heavy atom. The zero-order valence-corrected chi connectivity index (χ0v) is 8.33. The predicted molar refractivity (Wildman–Crippen MR) is 55.0 cm³/mol. The van der Waals surface area contributed by atoms with Crippen molar-refractivity contribution < 1.29 is 0 Å². The molecule has 2 heterocycles. The summed E-state index contributed by atoms with van der Waals surface area (Å²) in [5.41, 5.74) is 1.99. The maximum atomic E-state index is 3.99. The van der Waals surface area contributed by atoms with Crippen molar-refractivity contribution in [2.24, 2.45) is 0 Å². The molecule has 0 saturated heterocycles. The van der Waals surface area contributed by atoms with Crippen LogP contribution >= 0.6 is 0 Å². The number of hydrogen-bond acceptors (Lipinski definition) is 5. The molecule has 0 radical (unpaired) electrons. The fraction of sp³-hybridized carbons (Fsp3) is 0.200. The average molecular weight is 201 g/mol. The van der Waals surface area contributed by atoms with Crippen molar-refractivity contribution in [2.75, 3.05) is 7.05 Å². The Morgan fingerprint density at radius 1 is 0.867 bits per heavy atom. The van der Waals surface area contributed by atoms with Crippen LogP contribution in [-0.2, 0) is 0 Å². The Labute approximate surface area is 87.6 Å². The molecule has 76 valence electrons. The lowest BCUT2D eigenvalue weighted by atomic mass is 10.1. The van der Waals surface area contributed by atoms with E-state index in [1.807, 2.05) is 7.05 Å². The maximum Gasteiger partial charge on any atom is 0.115 e. The molecule has 0 aliphatic rings. The van der Waals surface area contributed by atoms with Gasteiger partial charge >= 0.3 is 0 Å². The van der Waals surface area contributed by atoms with E-state index in [0.29, 0.717) is 0 Å². The first-order valence-electron chi connectivity index (χ1n) is 4.59. The SMILES string of the molecule is CNC(c1cncnc1)c1cncnc1. The standard InChI is InChI=1S/C10H11N5/c1-11-10(8-2-12-6-13-3-8)9-4-14-7-15-5-9/h2-7,10-11H,1H3. The summed E-state index contributed by atoms with van der Waals surface area (Å²) in [5, 5.41) is 3.17. The van der Waals surface area contributed by atoms with E-state index in [1.165, 1.54) is 12.7 Å². The van der Waals surface area contributed by atoms with Gasteiger partial charge in [0, 0.05) is 35.9 Å². The first kappa shape index (κ1) is 9.67. The summed E-state index contributed by atoms with van der Waals surface area (Å²) in [4.78, 5) is 15.9. The second kappa shape index (κ2) is 4.56. The van der Waals surface area contributed by atoms with E-state index in [1.54, 1.807) is 24.8 Å². The topological polar surface area (TPSA) is 63.6 Å². The van der Waals surface area contributed by atoms with E-state index >= 15 is 0 Å². The highest BCUT2D eigenvalue weighted by Gasteiger charge is 2.12. The number of aromatic nitrogens is 4. The van der Waals surface area contributed by atoms with Gasteiger partial charge in [-0.3, -0.25) is 0 Å². The van der Waals surface area contributed by atoms with E-state index in [-0.39, 0.29) is 6.04 Å². The van der Waals surface area contributed by atoms with Crippen LogP contribution in [0.25, 0.3) is 0 Å². The molecule has 0 atom stereocenters. The molecule has 2 aromatic rings. The summed E-state index contributed by atoms with van der Waals surface area (Å²) in [7, 11) is 1.88. The molecule has 5 heteroatoms. The number of rotatable bonds is 3. The van der Waals surface area contributed by atoms with Crippen LogP contribution in [0.1, 0.15) is 17.2 Å². The van der Waals surface area contributed by atoms with Gasteiger partial charge in [-0.05, 0) is 7.05 Å². The molecule has 0 aliphatic carbocycles. The van der Waals surface area contributed by atoms with Gasteiger partial charge in [0.15, 0.2) is 0 Å². The van der Waals surface area contributed by atoms with E-state index in [9.17, 15) is 0 Å². The zero-order valence-electron chi connectivity index (χ0n) is 8.33. The summed E-state index contributed by atoms with van der Waals surface area (Å²) in [6.07, 6.45) is 10.1. The quantitative estimate of drug-likeness (QED) is 0.786. The Bertz CT molecular complexity index is 363. The molecule has 0 spiro atoms. The minimum Gasteiger partial charge on any atom is -0.309 e. The molecule has 0 aliphatic heterocycles. The molecular formula is C10H11N5. The monoisotopic (exact) mass is 201 g/mol. The van der Waals surface area contributed by atoms with Gasteiger partial charge in [0.1, 0.15) is 12.7 Å². The molecule has 0 aromatic carbocycles. The fourth-order valence-corrected chi connectivity index (χ4v) is 1.45. The molecule has 2 aromatic heterocycles. The average Bonchev–Trinajstić information content (AvgIpc) is 2.33. The van der Waals surface area contributed by atoms with Gasteiger partial charge in [-0.25, -0.2) is 19.9 Å². The highest BCUT2D eigenvalue weighted by Crippen LogP contribution is 2.17. The van der Waals surface area contributed by atoms with Crippen molar-refractivity contribution in [3.8, 4) is 0 Å². The smallest absolute Gasteiger partial charge is 0.115 e. The number of hydrogen-bond donors (Lipinski definition) is 1. The first-order chi connectivity index (χ1) is 7.42. The third kappa shape index (κ3) is 2.13. The van der Waals surface area contributed by atoms with Crippen LogP contribution in [0.15, 0.2) is 37.4 Å². The molecule has 0 fully saturated rings. The van der Waals surface area contributed by atoms with Gasteiger partial charge in [0.05, 0.1) is 6.04 Å². The van der Waals surface area contributed by atoms with E-state index in [4.69, 9.17) is 0 Å². The van der Waals surface area contributed by atoms with Crippen LogP contribution in [0, 0.1) is 0 Å². The Hall–Kier alpha value is -1.88. The lowest BCUT2D eigenvalue weighted by molar-refractivity contribution is 0.678. The van der Waals surface area contributed by atoms with Crippen LogP contribution < -0.4 is 5.32 Å². The molecule has 2 rings (SSSR count). The van der Waals surface area contributed by atoms with Gasteiger partial charge in [0.25, 0.3) is 0 Å². The van der Waals surface area contributed by atoms with Gasteiger partial charge in [-0.1, -0.05) is 0 Å². The molecule has 0 unspecified atom stereocenters. The van der Waals surface area contributed by atoms with E-state index in [0.717, 1.165) is 11.1 Å². The molecule has 1 N–H and O–H groups in total. The normalized spacial score (nSPS) is 10.5. The fourth-order valence-electron chi connectivity index (χ4n) is 1.45. The molecule has 0 bridgehead atoms. The summed E-state index contributed by atoms with van der Waals surface area (Å²) < 4.78 is 0. The number of nitrogens with zero attached hydrogens (tertiary/aromatic N) is 4. The number of nitrogens with one attached hydrogen (secondary N) is 1. The lowest BCUT2D eigenvalue weighted by Crippen LogP contribution is -2.18. The summed E-state index contributed by atoms with van der Waals surface area (Å²) >= 11 is 0. The summed E-state index contributed by atoms with van der Waals surface area (Å²) in [5.74, 6) is 0. The minimum atomic E-state index is 0.0346. The highest BCUT2D eigenvalue weighted by molar-refractivity contribution is 5.24. The van der Waals surface area contributed by atoms with Crippen molar-refractivity contribution in [1.29, 1.82) is 0 Å². The molecule has 5 nitrogen and oxygen atoms in total. The second-order valence-electron chi connectivity index (χ2n) is 3.07. The predicted octanol–water partition coefficient (Wildman–Crippen LogP) is 0.575. The minimum absolute atomic E-state index is 0.0346. The van der Waals surface area contributed by atoms with Crippen molar-refractivity contribution in [2.45, 2.75) is 6.04 Å². The van der Waals surface area contributed by atoms with Crippen LogP contribution in [-0.4, -0.2) is 27.0 Å². The van der Waals surface area contributed by atoms with Crippen molar-refractivity contribution in [3.05, 3.63) is 48.6 Å². The summed E-state index contributed by atoms with van der Waals surface area (Å²) in [6, 6.07) is 0.0346. The third-order valence-electron chi connectivity index (χ3n) is 2.12. The Morgan fingerprint density at radius 3 is 1.60 bits per heavy atom. The van der Waals surface area contributed by atoms with Crippen LogP contribution in [0.2, 0.25) is 0 Å². The van der Waals surface area contributed by atoms with Crippen molar-refractivity contribution >= 4 is 0 Å². The zero-order chi connectivity index (χ0) is 10.5. The van der Waals surface area contributed by atoms with Crippen LogP contribution in [0.5, 0.6) is 0 Å². The van der Waals surface area contributed by atoms with Gasteiger partial charge in [-0.15, -0.1) is 0 Å². The van der Waals surface area contributed by atoms with Crippen molar-refractivity contribution in [3.63, 3.8) is 0 Å².